The predicted octanol–water partition coefficient (Wildman–Crippen LogP) is 0.200. The zero-order chi connectivity index (χ0) is 7.98. The quantitative estimate of drug-likeness (QED) is 0.600. The van der Waals surface area contributed by atoms with Gasteiger partial charge in [-0.15, -0.1) is 0 Å². The lowest BCUT2D eigenvalue weighted by Gasteiger charge is -2.11. The number of ketones is 1. The van der Waals surface area contributed by atoms with Gasteiger partial charge in [-0.2, -0.15) is 0 Å². The maximum absolute atomic E-state index is 11.0. The summed E-state index contributed by atoms with van der Waals surface area (Å²) in [4.78, 5) is 11.0. The lowest BCUT2D eigenvalue weighted by Crippen LogP contribution is -2.37. The molecule has 0 aliphatic carbocycles. The van der Waals surface area contributed by atoms with Crippen LogP contribution in [0.5, 0.6) is 0 Å². The van der Waals surface area contributed by atoms with E-state index < -0.39 is 0 Å². The van der Waals surface area contributed by atoms with Gasteiger partial charge in [-0.25, -0.2) is 0 Å². The van der Waals surface area contributed by atoms with Crippen molar-refractivity contribution in [2.24, 2.45) is 0 Å². The summed E-state index contributed by atoms with van der Waals surface area (Å²) in [5.41, 5.74) is 0. The summed E-state index contributed by atoms with van der Waals surface area (Å²) < 4.78 is 4.83. The molecule has 0 amide bonds. The van der Waals surface area contributed by atoms with E-state index in [1.54, 1.807) is 14.2 Å². The van der Waals surface area contributed by atoms with E-state index in [4.69, 9.17) is 4.74 Å². The van der Waals surface area contributed by atoms with Crippen LogP contribution in [0.2, 0.25) is 0 Å². The Kier molecular flexibility index (Phi) is 5.16. The lowest BCUT2D eigenvalue weighted by molar-refractivity contribution is -0.121. The van der Waals surface area contributed by atoms with Crippen LogP contribution in [0.4, 0.5) is 0 Å². The van der Waals surface area contributed by atoms with Crippen LogP contribution in [0, 0.1) is 0 Å². The van der Waals surface area contributed by atoms with Crippen LogP contribution in [0.1, 0.15) is 13.3 Å². The SMILES string of the molecule is CCC(=O)[C@H](COC)NC. The van der Waals surface area contributed by atoms with E-state index in [1.165, 1.54) is 0 Å². The first-order chi connectivity index (χ1) is 4.76. The van der Waals surface area contributed by atoms with Crippen molar-refractivity contribution in [1.82, 2.24) is 5.32 Å². The van der Waals surface area contributed by atoms with E-state index in [1.807, 2.05) is 6.92 Å². The summed E-state index contributed by atoms with van der Waals surface area (Å²) in [7, 11) is 3.35. The summed E-state index contributed by atoms with van der Waals surface area (Å²) in [6.45, 7) is 2.31. The largest absolute Gasteiger partial charge is 0.383 e. The van der Waals surface area contributed by atoms with Crippen molar-refractivity contribution in [2.45, 2.75) is 19.4 Å². The number of rotatable bonds is 5. The Morgan fingerprint density at radius 3 is 2.60 bits per heavy atom. The van der Waals surface area contributed by atoms with E-state index in [-0.39, 0.29) is 11.8 Å². The highest BCUT2D eigenvalue weighted by molar-refractivity contribution is 5.83. The minimum Gasteiger partial charge on any atom is -0.383 e. The average Bonchev–Trinajstić information content (AvgIpc) is 1.99. The fourth-order valence-corrected chi connectivity index (χ4v) is 0.750. The molecule has 0 aliphatic heterocycles. The summed E-state index contributed by atoms with van der Waals surface area (Å²) in [6.07, 6.45) is 0.564. The van der Waals surface area contributed by atoms with E-state index in [0.29, 0.717) is 13.0 Å². The van der Waals surface area contributed by atoms with Crippen molar-refractivity contribution in [1.29, 1.82) is 0 Å². The van der Waals surface area contributed by atoms with Gasteiger partial charge in [-0.3, -0.25) is 4.79 Å². The Balaban J connectivity index is 3.68. The molecular formula is C7H15NO2. The number of carbonyl (C=O) groups is 1. The molecule has 0 fully saturated rings. The first-order valence-electron chi connectivity index (χ1n) is 3.45. The highest BCUT2D eigenvalue weighted by Crippen LogP contribution is 1.90. The monoisotopic (exact) mass is 145 g/mol. The number of methoxy groups -OCH3 is 1. The van der Waals surface area contributed by atoms with Crippen LogP contribution in [0.15, 0.2) is 0 Å². The van der Waals surface area contributed by atoms with Crippen molar-refractivity contribution >= 4 is 5.78 Å². The molecule has 0 saturated heterocycles. The van der Waals surface area contributed by atoms with Crippen LogP contribution in [-0.4, -0.2) is 32.6 Å². The Bertz CT molecular complexity index is 104. The van der Waals surface area contributed by atoms with Gasteiger partial charge in [0.05, 0.1) is 12.6 Å². The average molecular weight is 145 g/mol. The van der Waals surface area contributed by atoms with Crippen molar-refractivity contribution in [3.63, 3.8) is 0 Å². The minimum absolute atomic E-state index is 0.130. The van der Waals surface area contributed by atoms with Crippen LogP contribution < -0.4 is 5.32 Å². The molecule has 0 aromatic rings. The number of hydrogen-bond acceptors (Lipinski definition) is 3. The molecule has 1 N–H and O–H groups in total. The molecule has 0 aromatic heterocycles. The number of Topliss-reactive ketones (excluding diaryl/α,β-unsaturated/α-hetero) is 1. The lowest BCUT2D eigenvalue weighted by atomic mass is 10.1. The van der Waals surface area contributed by atoms with Crippen LogP contribution in [0.25, 0.3) is 0 Å². The van der Waals surface area contributed by atoms with Crippen LogP contribution >= 0.6 is 0 Å². The fourth-order valence-electron chi connectivity index (χ4n) is 0.750. The number of nitrogens with one attached hydrogen (secondary N) is 1. The molecule has 0 heterocycles. The molecule has 60 valence electrons. The smallest absolute Gasteiger partial charge is 0.151 e. The van der Waals surface area contributed by atoms with Gasteiger partial charge in [0.2, 0.25) is 0 Å². The highest BCUT2D eigenvalue weighted by Gasteiger charge is 2.12. The third kappa shape index (κ3) is 2.94. The van der Waals surface area contributed by atoms with Crippen molar-refractivity contribution in [3.8, 4) is 0 Å². The van der Waals surface area contributed by atoms with Gasteiger partial charge < -0.3 is 10.1 Å². The molecule has 3 nitrogen and oxygen atoms in total. The molecule has 0 spiro atoms. The third-order valence-electron chi connectivity index (χ3n) is 1.42. The molecular weight excluding hydrogens is 130 g/mol. The molecule has 0 bridgehead atoms. The maximum Gasteiger partial charge on any atom is 0.151 e. The Morgan fingerprint density at radius 2 is 2.30 bits per heavy atom. The van der Waals surface area contributed by atoms with Crippen molar-refractivity contribution in [2.75, 3.05) is 20.8 Å². The summed E-state index contributed by atoms with van der Waals surface area (Å²) in [5.74, 6) is 0.198. The molecule has 0 rings (SSSR count). The predicted molar refractivity (Wildman–Crippen MR) is 40.0 cm³/mol. The Labute approximate surface area is 61.8 Å². The Morgan fingerprint density at radius 1 is 1.70 bits per heavy atom. The van der Waals surface area contributed by atoms with E-state index in [9.17, 15) is 4.79 Å². The minimum atomic E-state index is -0.130. The molecule has 1 atom stereocenters. The summed E-state index contributed by atoms with van der Waals surface area (Å²) in [6, 6.07) is -0.130. The molecule has 10 heavy (non-hydrogen) atoms. The summed E-state index contributed by atoms with van der Waals surface area (Å²) in [5, 5.41) is 2.88. The first kappa shape index (κ1) is 9.59. The van der Waals surface area contributed by atoms with Gasteiger partial charge in [0.25, 0.3) is 0 Å². The van der Waals surface area contributed by atoms with Crippen molar-refractivity contribution < 1.29 is 9.53 Å². The molecule has 3 heteroatoms. The van der Waals surface area contributed by atoms with Gasteiger partial charge in [-0.05, 0) is 7.05 Å². The van der Waals surface area contributed by atoms with Gasteiger partial charge in [-0.1, -0.05) is 6.92 Å². The molecule has 0 saturated carbocycles. The summed E-state index contributed by atoms with van der Waals surface area (Å²) >= 11 is 0. The second-order valence-electron chi connectivity index (χ2n) is 2.12. The number of ether oxygens (including phenoxy) is 1. The molecule has 0 radical (unpaired) electrons. The maximum atomic E-state index is 11.0. The topological polar surface area (TPSA) is 38.3 Å². The normalized spacial score (nSPS) is 13.1. The van der Waals surface area contributed by atoms with Crippen molar-refractivity contribution in [3.05, 3.63) is 0 Å². The number of likely N-dealkylation sites (N-methyl/N-ethyl adjacent to an activating group) is 1. The molecule has 0 aromatic carbocycles. The van der Waals surface area contributed by atoms with E-state index in [2.05, 4.69) is 5.32 Å². The van der Waals surface area contributed by atoms with Gasteiger partial charge in [0, 0.05) is 13.5 Å². The Hall–Kier alpha value is -0.410. The second-order valence-corrected chi connectivity index (χ2v) is 2.12. The van der Waals surface area contributed by atoms with E-state index >= 15 is 0 Å². The van der Waals surface area contributed by atoms with Gasteiger partial charge in [0.1, 0.15) is 0 Å². The zero-order valence-corrected chi connectivity index (χ0v) is 6.81. The fraction of sp³-hybridized carbons (Fsp3) is 0.857. The standard InChI is InChI=1S/C7H15NO2/c1-4-7(9)6(8-2)5-10-3/h6,8H,4-5H2,1-3H3/t6-/m0/s1. The highest BCUT2D eigenvalue weighted by atomic mass is 16.5. The van der Waals surface area contributed by atoms with E-state index in [0.717, 1.165) is 0 Å². The van der Waals surface area contributed by atoms with Crippen LogP contribution in [-0.2, 0) is 9.53 Å². The molecule has 0 unspecified atom stereocenters. The third-order valence-corrected chi connectivity index (χ3v) is 1.42. The first-order valence-corrected chi connectivity index (χ1v) is 3.45. The zero-order valence-electron chi connectivity index (χ0n) is 6.81. The number of carbonyl (C=O) groups excluding carboxylic acids is 1. The van der Waals surface area contributed by atoms with Gasteiger partial charge in [0.15, 0.2) is 5.78 Å². The molecule has 0 aliphatic rings. The number of hydrogen-bond donors (Lipinski definition) is 1. The second kappa shape index (κ2) is 5.38. The van der Waals surface area contributed by atoms with Gasteiger partial charge >= 0.3 is 0 Å². The van der Waals surface area contributed by atoms with Crippen LogP contribution in [0.3, 0.4) is 0 Å².